The van der Waals surface area contributed by atoms with Crippen molar-refractivity contribution in [2.24, 2.45) is 4.99 Å². The zero-order valence-corrected chi connectivity index (χ0v) is 13.1. The largest absolute Gasteiger partial charge is 0.455 e. The van der Waals surface area contributed by atoms with Crippen molar-refractivity contribution >= 4 is 17.5 Å². The Morgan fingerprint density at radius 2 is 1.92 bits per heavy atom. The van der Waals surface area contributed by atoms with Crippen molar-refractivity contribution < 1.29 is 14.0 Å². The van der Waals surface area contributed by atoms with Gasteiger partial charge in [0.2, 0.25) is 11.7 Å². The molecule has 1 unspecified atom stereocenters. The number of benzene rings is 1. The summed E-state index contributed by atoms with van der Waals surface area (Å²) in [6, 6.07) is 8.19. The Balaban J connectivity index is 1.60. The Bertz CT molecular complexity index is 816. The highest BCUT2D eigenvalue weighted by atomic mass is 16.4. The molecule has 0 saturated heterocycles. The van der Waals surface area contributed by atoms with E-state index < -0.39 is 0 Å². The van der Waals surface area contributed by atoms with Crippen molar-refractivity contribution in [1.82, 2.24) is 16.2 Å². The molecule has 1 aliphatic heterocycles. The normalized spacial score (nSPS) is 17.0. The maximum Gasteiger partial charge on any atom is 0.229 e. The van der Waals surface area contributed by atoms with Gasteiger partial charge in [-0.15, -0.1) is 0 Å². The Kier molecular flexibility index (Phi) is 3.42. The van der Waals surface area contributed by atoms with Crippen molar-refractivity contribution in [2.75, 3.05) is 13.1 Å². The number of nitrogens with one attached hydrogen (secondary N) is 3. The molecule has 7 nitrogen and oxygen atoms in total. The molecule has 0 spiro atoms. The number of rotatable bonds is 3. The Hall–Kier alpha value is -2.93. The van der Waals surface area contributed by atoms with E-state index in [1.54, 1.807) is 30.3 Å². The zero-order valence-electron chi connectivity index (χ0n) is 13.1. The van der Waals surface area contributed by atoms with Gasteiger partial charge in [-0.3, -0.25) is 20.0 Å². The monoisotopic (exact) mass is 324 g/mol. The SMILES string of the molecule is CC(NNC1=NCCN1)c1cc2c(o1)C(=O)c1ccccc1C2=O. The summed E-state index contributed by atoms with van der Waals surface area (Å²) in [7, 11) is 0. The lowest BCUT2D eigenvalue weighted by molar-refractivity contribution is 0.0959. The van der Waals surface area contributed by atoms with Gasteiger partial charge in [-0.2, -0.15) is 0 Å². The number of furan rings is 1. The predicted octanol–water partition coefficient (Wildman–Crippen LogP) is 1.17. The van der Waals surface area contributed by atoms with E-state index in [1.807, 2.05) is 6.92 Å². The first kappa shape index (κ1) is 14.6. The van der Waals surface area contributed by atoms with Gasteiger partial charge < -0.3 is 9.73 Å². The van der Waals surface area contributed by atoms with E-state index in [1.165, 1.54) is 0 Å². The highest BCUT2D eigenvalue weighted by molar-refractivity contribution is 6.27. The molecular weight excluding hydrogens is 308 g/mol. The molecule has 0 saturated carbocycles. The van der Waals surface area contributed by atoms with Crippen LogP contribution in [0.1, 0.15) is 50.8 Å². The molecule has 1 aromatic carbocycles. The summed E-state index contributed by atoms with van der Waals surface area (Å²) in [5, 5.41) is 3.08. The second kappa shape index (κ2) is 5.61. The average Bonchev–Trinajstić information content (AvgIpc) is 3.27. The van der Waals surface area contributed by atoms with Crippen LogP contribution < -0.4 is 16.2 Å². The zero-order chi connectivity index (χ0) is 16.7. The van der Waals surface area contributed by atoms with Gasteiger partial charge in [-0.05, 0) is 13.0 Å². The number of guanidine groups is 1. The summed E-state index contributed by atoms with van der Waals surface area (Å²) >= 11 is 0. The number of hydrogen-bond donors (Lipinski definition) is 3. The van der Waals surface area contributed by atoms with Crippen molar-refractivity contribution in [3.05, 3.63) is 58.5 Å². The van der Waals surface area contributed by atoms with Crippen molar-refractivity contribution in [1.29, 1.82) is 0 Å². The van der Waals surface area contributed by atoms with Gasteiger partial charge in [-0.25, -0.2) is 5.43 Å². The standard InChI is InChI=1S/C17H16N4O3/c1-9(20-21-17-18-6-7-19-17)13-8-12-14(22)10-4-2-3-5-11(10)15(23)16(12)24-13/h2-5,8-9,20H,6-7H2,1H3,(H2,18,19,21). The lowest BCUT2D eigenvalue weighted by atomic mass is 9.88. The van der Waals surface area contributed by atoms with Gasteiger partial charge in [0, 0.05) is 17.7 Å². The molecule has 3 N–H and O–H groups in total. The Labute approximate surface area is 138 Å². The Morgan fingerprint density at radius 3 is 2.62 bits per heavy atom. The third kappa shape index (κ3) is 2.30. The summed E-state index contributed by atoms with van der Waals surface area (Å²) in [6.07, 6.45) is 0. The second-order valence-electron chi connectivity index (χ2n) is 5.74. The minimum Gasteiger partial charge on any atom is -0.455 e. The van der Waals surface area contributed by atoms with Crippen LogP contribution in [-0.2, 0) is 0 Å². The quantitative estimate of drug-likeness (QED) is 0.626. The fourth-order valence-corrected chi connectivity index (χ4v) is 2.84. The molecule has 1 aliphatic carbocycles. The molecule has 7 heteroatoms. The summed E-state index contributed by atoms with van der Waals surface area (Å²) in [5.74, 6) is 0.850. The van der Waals surface area contributed by atoms with Crippen LogP contribution >= 0.6 is 0 Å². The van der Waals surface area contributed by atoms with Crippen LogP contribution in [0.3, 0.4) is 0 Å². The smallest absolute Gasteiger partial charge is 0.229 e. The summed E-state index contributed by atoms with van der Waals surface area (Å²) in [5.41, 5.74) is 7.13. The number of hydrogen-bond acceptors (Lipinski definition) is 7. The lowest BCUT2D eigenvalue weighted by Crippen LogP contribution is -2.44. The van der Waals surface area contributed by atoms with E-state index in [0.29, 0.717) is 28.4 Å². The van der Waals surface area contributed by atoms with E-state index in [-0.39, 0.29) is 23.4 Å². The lowest BCUT2D eigenvalue weighted by Gasteiger charge is -2.13. The molecule has 1 atom stereocenters. The predicted molar refractivity (Wildman–Crippen MR) is 87.0 cm³/mol. The van der Waals surface area contributed by atoms with Crippen LogP contribution in [0.25, 0.3) is 0 Å². The topological polar surface area (TPSA) is 95.7 Å². The van der Waals surface area contributed by atoms with E-state index in [9.17, 15) is 9.59 Å². The molecular formula is C17H16N4O3. The average molecular weight is 324 g/mol. The van der Waals surface area contributed by atoms with Gasteiger partial charge in [0.1, 0.15) is 5.76 Å². The molecule has 4 rings (SSSR count). The van der Waals surface area contributed by atoms with E-state index in [0.717, 1.165) is 13.1 Å². The number of carbonyl (C=O) groups is 2. The molecule has 0 amide bonds. The fraction of sp³-hybridized carbons (Fsp3) is 0.235. The summed E-state index contributed by atoms with van der Waals surface area (Å²) in [6.45, 7) is 3.40. The summed E-state index contributed by atoms with van der Waals surface area (Å²) < 4.78 is 5.69. The van der Waals surface area contributed by atoms with E-state index in [2.05, 4.69) is 21.2 Å². The number of hydrazine groups is 1. The first-order chi connectivity index (χ1) is 11.6. The highest BCUT2D eigenvalue weighted by Crippen LogP contribution is 2.31. The number of carbonyl (C=O) groups excluding carboxylic acids is 2. The van der Waals surface area contributed by atoms with Gasteiger partial charge in [0.15, 0.2) is 11.5 Å². The molecule has 24 heavy (non-hydrogen) atoms. The van der Waals surface area contributed by atoms with Crippen LogP contribution in [0.15, 0.2) is 39.7 Å². The molecule has 122 valence electrons. The third-order valence-corrected chi connectivity index (χ3v) is 4.13. The summed E-state index contributed by atoms with van der Waals surface area (Å²) in [4.78, 5) is 29.3. The minimum atomic E-state index is -0.256. The first-order valence-corrected chi connectivity index (χ1v) is 7.77. The minimum absolute atomic E-state index is 0.110. The van der Waals surface area contributed by atoms with Crippen molar-refractivity contribution in [3.63, 3.8) is 0 Å². The van der Waals surface area contributed by atoms with Gasteiger partial charge >= 0.3 is 0 Å². The van der Waals surface area contributed by atoms with Gasteiger partial charge in [-0.1, -0.05) is 24.3 Å². The molecule has 0 fully saturated rings. The molecule has 2 aliphatic rings. The van der Waals surface area contributed by atoms with Gasteiger partial charge in [0.05, 0.1) is 18.2 Å². The van der Waals surface area contributed by atoms with Gasteiger partial charge in [0.25, 0.3) is 0 Å². The Morgan fingerprint density at radius 1 is 1.17 bits per heavy atom. The molecule has 0 radical (unpaired) electrons. The van der Waals surface area contributed by atoms with Crippen LogP contribution in [0, 0.1) is 0 Å². The van der Waals surface area contributed by atoms with Crippen molar-refractivity contribution in [3.8, 4) is 0 Å². The fourth-order valence-electron chi connectivity index (χ4n) is 2.84. The third-order valence-electron chi connectivity index (χ3n) is 4.13. The van der Waals surface area contributed by atoms with Crippen LogP contribution in [0.2, 0.25) is 0 Å². The maximum absolute atomic E-state index is 12.6. The molecule has 2 heterocycles. The first-order valence-electron chi connectivity index (χ1n) is 7.77. The van der Waals surface area contributed by atoms with Crippen molar-refractivity contribution in [2.45, 2.75) is 13.0 Å². The highest BCUT2D eigenvalue weighted by Gasteiger charge is 2.34. The van der Waals surface area contributed by atoms with Crippen LogP contribution in [-0.4, -0.2) is 30.6 Å². The number of fused-ring (bicyclic) bond motifs is 2. The maximum atomic E-state index is 12.6. The second-order valence-corrected chi connectivity index (χ2v) is 5.74. The number of ketones is 2. The number of nitrogens with zero attached hydrogens (tertiary/aromatic N) is 1. The van der Waals surface area contributed by atoms with E-state index >= 15 is 0 Å². The van der Waals surface area contributed by atoms with E-state index in [4.69, 9.17) is 4.42 Å². The van der Waals surface area contributed by atoms with Crippen LogP contribution in [0.5, 0.6) is 0 Å². The molecule has 1 aromatic heterocycles. The van der Waals surface area contributed by atoms with Crippen LogP contribution in [0.4, 0.5) is 0 Å². The molecule has 0 bridgehead atoms. The number of aliphatic imine (C=N–C) groups is 1. The molecule has 2 aromatic rings.